The highest BCUT2D eigenvalue weighted by Gasteiger charge is 2.44. The van der Waals surface area contributed by atoms with Crippen LogP contribution in [-0.2, 0) is 4.79 Å². The zero-order valence-electron chi connectivity index (χ0n) is 9.25. The number of hydrogen-bond acceptors (Lipinski definition) is 2. The lowest BCUT2D eigenvalue weighted by molar-refractivity contribution is -0.149. The van der Waals surface area contributed by atoms with Gasteiger partial charge in [-0.05, 0) is 19.3 Å². The van der Waals surface area contributed by atoms with E-state index < -0.39 is 5.41 Å². The van der Waals surface area contributed by atoms with Crippen molar-refractivity contribution in [2.24, 2.45) is 5.41 Å². The van der Waals surface area contributed by atoms with Crippen LogP contribution >= 0.6 is 0 Å². The van der Waals surface area contributed by atoms with Gasteiger partial charge in [0.2, 0.25) is 5.91 Å². The summed E-state index contributed by atoms with van der Waals surface area (Å²) in [5.74, 6) is 0.139. The van der Waals surface area contributed by atoms with Crippen molar-refractivity contribution in [3.63, 3.8) is 0 Å². The zero-order chi connectivity index (χ0) is 10.6. The fourth-order valence-electron chi connectivity index (χ4n) is 1.94. The van der Waals surface area contributed by atoms with E-state index in [2.05, 4.69) is 6.92 Å². The summed E-state index contributed by atoms with van der Waals surface area (Å²) in [6, 6.07) is 0. The van der Waals surface area contributed by atoms with Crippen molar-refractivity contribution < 1.29 is 9.90 Å². The Morgan fingerprint density at radius 1 is 1.50 bits per heavy atom. The first-order chi connectivity index (χ1) is 6.66. The van der Waals surface area contributed by atoms with E-state index in [9.17, 15) is 9.90 Å². The predicted octanol–water partition coefficient (Wildman–Crippen LogP) is 1.41. The highest BCUT2D eigenvalue weighted by atomic mass is 16.3. The van der Waals surface area contributed by atoms with E-state index >= 15 is 0 Å². The summed E-state index contributed by atoms with van der Waals surface area (Å²) in [6.07, 6.45) is 4.94. The molecule has 0 aromatic rings. The van der Waals surface area contributed by atoms with Crippen LogP contribution in [-0.4, -0.2) is 36.1 Å². The summed E-state index contributed by atoms with van der Waals surface area (Å²) in [5, 5.41) is 9.23. The highest BCUT2D eigenvalue weighted by Crippen LogP contribution is 2.41. The van der Waals surface area contributed by atoms with Gasteiger partial charge in [-0.2, -0.15) is 0 Å². The molecule has 1 saturated carbocycles. The molecule has 14 heavy (non-hydrogen) atoms. The molecule has 0 unspecified atom stereocenters. The molecule has 82 valence electrons. The van der Waals surface area contributed by atoms with Crippen molar-refractivity contribution in [1.82, 2.24) is 4.90 Å². The van der Waals surface area contributed by atoms with Crippen molar-refractivity contribution in [2.45, 2.75) is 39.0 Å². The molecule has 0 saturated heterocycles. The molecule has 0 spiro atoms. The molecule has 0 heterocycles. The lowest BCUT2D eigenvalue weighted by Gasteiger charge is -2.41. The molecule has 1 N–H and O–H groups in total. The average molecular weight is 199 g/mol. The van der Waals surface area contributed by atoms with E-state index in [1.54, 1.807) is 4.90 Å². The molecule has 0 atom stereocenters. The predicted molar refractivity (Wildman–Crippen MR) is 55.9 cm³/mol. The molecule has 0 aliphatic heterocycles. The smallest absolute Gasteiger partial charge is 0.230 e. The average Bonchev–Trinajstić information content (AvgIpc) is 2.13. The summed E-state index contributed by atoms with van der Waals surface area (Å²) < 4.78 is 0. The molecular formula is C11H21NO2. The summed E-state index contributed by atoms with van der Waals surface area (Å²) in [7, 11) is 1.84. The van der Waals surface area contributed by atoms with E-state index in [4.69, 9.17) is 0 Å². The highest BCUT2D eigenvalue weighted by molar-refractivity contribution is 5.83. The molecule has 3 nitrogen and oxygen atoms in total. The summed E-state index contributed by atoms with van der Waals surface area (Å²) in [6.45, 7) is 2.95. The van der Waals surface area contributed by atoms with E-state index in [1.807, 2.05) is 7.05 Å². The Morgan fingerprint density at radius 2 is 2.14 bits per heavy atom. The lowest BCUT2D eigenvalue weighted by Crippen LogP contribution is -2.49. The maximum Gasteiger partial charge on any atom is 0.230 e. The molecule has 0 radical (unpaired) electrons. The van der Waals surface area contributed by atoms with E-state index in [-0.39, 0.29) is 12.5 Å². The Balaban J connectivity index is 2.46. The van der Waals surface area contributed by atoms with Gasteiger partial charge in [-0.1, -0.05) is 19.8 Å². The summed E-state index contributed by atoms with van der Waals surface area (Å²) in [5.41, 5.74) is -0.414. The first-order valence-electron chi connectivity index (χ1n) is 5.53. The van der Waals surface area contributed by atoms with Crippen molar-refractivity contribution in [3.8, 4) is 0 Å². The minimum absolute atomic E-state index is 0.0162. The van der Waals surface area contributed by atoms with Gasteiger partial charge in [0.1, 0.15) is 0 Å². The second-order valence-electron chi connectivity index (χ2n) is 4.37. The molecule has 1 aliphatic rings. The minimum Gasteiger partial charge on any atom is -0.395 e. The van der Waals surface area contributed by atoms with E-state index in [1.165, 1.54) is 0 Å². The normalized spacial score (nSPS) is 18.8. The molecule has 1 amide bonds. The van der Waals surface area contributed by atoms with Crippen molar-refractivity contribution >= 4 is 5.91 Å². The molecule has 1 fully saturated rings. The second kappa shape index (κ2) is 4.78. The molecule has 0 aromatic heterocycles. The van der Waals surface area contributed by atoms with Crippen molar-refractivity contribution in [2.75, 3.05) is 20.2 Å². The van der Waals surface area contributed by atoms with Gasteiger partial charge < -0.3 is 10.0 Å². The van der Waals surface area contributed by atoms with Crippen LogP contribution in [0.5, 0.6) is 0 Å². The largest absolute Gasteiger partial charge is 0.395 e. The quantitative estimate of drug-likeness (QED) is 0.727. The Hall–Kier alpha value is -0.570. The monoisotopic (exact) mass is 199 g/mol. The van der Waals surface area contributed by atoms with Crippen LogP contribution in [0.4, 0.5) is 0 Å². The van der Waals surface area contributed by atoms with Gasteiger partial charge in [-0.25, -0.2) is 0 Å². The number of hydrogen-bond donors (Lipinski definition) is 1. The summed E-state index contributed by atoms with van der Waals surface area (Å²) in [4.78, 5) is 13.7. The van der Waals surface area contributed by atoms with Gasteiger partial charge in [0.15, 0.2) is 0 Å². The van der Waals surface area contributed by atoms with E-state index in [0.717, 1.165) is 38.6 Å². The molecule has 0 aromatic carbocycles. The third-order valence-electron chi connectivity index (χ3n) is 3.26. The second-order valence-corrected chi connectivity index (χ2v) is 4.37. The fraction of sp³-hybridized carbons (Fsp3) is 0.909. The Morgan fingerprint density at radius 3 is 2.50 bits per heavy atom. The zero-order valence-corrected chi connectivity index (χ0v) is 9.25. The fourth-order valence-corrected chi connectivity index (χ4v) is 1.94. The Bertz CT molecular complexity index is 194. The van der Waals surface area contributed by atoms with Gasteiger partial charge in [-0.3, -0.25) is 4.79 Å². The Labute approximate surface area is 86.1 Å². The third kappa shape index (κ3) is 2.08. The van der Waals surface area contributed by atoms with Crippen LogP contribution in [0.15, 0.2) is 0 Å². The molecular weight excluding hydrogens is 178 g/mol. The molecule has 0 bridgehead atoms. The van der Waals surface area contributed by atoms with Crippen LogP contribution in [0, 0.1) is 5.41 Å². The molecule has 1 aliphatic carbocycles. The molecule has 1 rings (SSSR count). The first-order valence-corrected chi connectivity index (χ1v) is 5.53. The molecule has 3 heteroatoms. The standard InChI is InChI=1S/C11H21NO2/c1-3-4-8-12(2)10(14)11(9-13)6-5-7-11/h13H,3-9H2,1-2H3. The Kier molecular flexibility index (Phi) is 3.93. The number of carbonyl (C=O) groups excluding carboxylic acids is 1. The number of carbonyl (C=O) groups is 1. The van der Waals surface area contributed by atoms with Crippen LogP contribution in [0.2, 0.25) is 0 Å². The van der Waals surface area contributed by atoms with E-state index in [0.29, 0.717) is 0 Å². The lowest BCUT2D eigenvalue weighted by atomic mass is 9.68. The number of rotatable bonds is 5. The first kappa shape index (κ1) is 11.5. The van der Waals surface area contributed by atoms with Gasteiger partial charge >= 0.3 is 0 Å². The van der Waals surface area contributed by atoms with Gasteiger partial charge in [0.25, 0.3) is 0 Å². The number of aliphatic hydroxyl groups excluding tert-OH is 1. The number of amides is 1. The SMILES string of the molecule is CCCCN(C)C(=O)C1(CO)CCC1. The van der Waals surface area contributed by atoms with Gasteiger partial charge in [0.05, 0.1) is 12.0 Å². The number of nitrogens with zero attached hydrogens (tertiary/aromatic N) is 1. The number of aliphatic hydroxyl groups is 1. The maximum absolute atomic E-state index is 12.0. The van der Waals surface area contributed by atoms with Gasteiger partial charge in [0, 0.05) is 13.6 Å². The topological polar surface area (TPSA) is 40.5 Å². The number of unbranched alkanes of at least 4 members (excludes halogenated alkanes) is 1. The van der Waals surface area contributed by atoms with Gasteiger partial charge in [-0.15, -0.1) is 0 Å². The van der Waals surface area contributed by atoms with Crippen molar-refractivity contribution in [1.29, 1.82) is 0 Å². The maximum atomic E-state index is 12.0. The third-order valence-corrected chi connectivity index (χ3v) is 3.26. The minimum atomic E-state index is -0.414. The van der Waals surface area contributed by atoms with Crippen LogP contribution in [0.1, 0.15) is 39.0 Å². The van der Waals surface area contributed by atoms with Crippen LogP contribution in [0.25, 0.3) is 0 Å². The van der Waals surface area contributed by atoms with Crippen LogP contribution < -0.4 is 0 Å². The van der Waals surface area contributed by atoms with Crippen molar-refractivity contribution in [3.05, 3.63) is 0 Å². The summed E-state index contributed by atoms with van der Waals surface area (Å²) >= 11 is 0. The van der Waals surface area contributed by atoms with Crippen LogP contribution in [0.3, 0.4) is 0 Å².